The summed E-state index contributed by atoms with van der Waals surface area (Å²) in [7, 11) is 0. The number of fused-ring (bicyclic) bond motifs is 1. The van der Waals surface area contributed by atoms with Gasteiger partial charge in [-0.1, -0.05) is 0 Å². The molecule has 1 atom stereocenters. The first-order valence-electron chi connectivity index (χ1n) is 6.80. The van der Waals surface area contributed by atoms with Crippen molar-refractivity contribution >= 4 is 39.4 Å². The zero-order valence-electron chi connectivity index (χ0n) is 12.4. The van der Waals surface area contributed by atoms with E-state index in [1.807, 2.05) is 12.3 Å². The van der Waals surface area contributed by atoms with Crippen molar-refractivity contribution in [2.45, 2.75) is 20.0 Å². The molecule has 2 aromatic heterocycles. The number of oxazole rings is 1. The number of esters is 1. The van der Waals surface area contributed by atoms with Crippen LogP contribution in [0.5, 0.6) is 0 Å². The highest BCUT2D eigenvalue weighted by Gasteiger charge is 2.20. The molecule has 1 amide bonds. The Morgan fingerprint density at radius 2 is 2.22 bits per heavy atom. The van der Waals surface area contributed by atoms with E-state index in [4.69, 9.17) is 9.15 Å². The van der Waals surface area contributed by atoms with Gasteiger partial charge in [-0.15, -0.1) is 11.3 Å². The third kappa shape index (κ3) is 3.37. The number of amides is 1. The van der Waals surface area contributed by atoms with Gasteiger partial charge in [-0.25, -0.2) is 14.8 Å². The molecular formula is C15H13N3O4S. The number of carbonyl (C=O) groups excluding carboxylic acids is 2. The summed E-state index contributed by atoms with van der Waals surface area (Å²) in [5.74, 6) is -1.04. The second-order valence-electron chi connectivity index (χ2n) is 4.87. The molecule has 23 heavy (non-hydrogen) atoms. The van der Waals surface area contributed by atoms with Crippen LogP contribution in [0, 0.1) is 6.92 Å². The molecule has 0 radical (unpaired) electrons. The normalized spacial score (nSPS) is 12.1. The minimum absolute atomic E-state index is 0.302. The van der Waals surface area contributed by atoms with Crippen LogP contribution in [-0.2, 0) is 9.53 Å². The summed E-state index contributed by atoms with van der Waals surface area (Å²) in [6.45, 7) is 3.33. The Balaban J connectivity index is 1.65. The summed E-state index contributed by atoms with van der Waals surface area (Å²) in [4.78, 5) is 32.2. The summed E-state index contributed by atoms with van der Waals surface area (Å²) < 4.78 is 10.3. The minimum Gasteiger partial charge on any atom is -0.449 e. The summed E-state index contributed by atoms with van der Waals surface area (Å²) in [5.41, 5.74) is 2.24. The molecule has 0 aliphatic carbocycles. The SMILES string of the molecule is Cc1csc(NC(=O)C(C)OC(=O)c2ccc3ocnc3c2)n1. The van der Waals surface area contributed by atoms with Crippen LogP contribution < -0.4 is 5.32 Å². The van der Waals surface area contributed by atoms with Gasteiger partial charge in [0, 0.05) is 5.38 Å². The molecule has 0 aliphatic heterocycles. The van der Waals surface area contributed by atoms with Crippen LogP contribution in [0.25, 0.3) is 11.1 Å². The number of thiazole rings is 1. The summed E-state index contributed by atoms with van der Waals surface area (Å²) >= 11 is 1.31. The number of ether oxygens (including phenoxy) is 1. The zero-order valence-corrected chi connectivity index (χ0v) is 13.2. The van der Waals surface area contributed by atoms with E-state index >= 15 is 0 Å². The predicted octanol–water partition coefficient (Wildman–Crippen LogP) is 2.78. The van der Waals surface area contributed by atoms with Crippen molar-refractivity contribution < 1.29 is 18.7 Å². The van der Waals surface area contributed by atoms with E-state index in [1.54, 1.807) is 18.2 Å². The first-order valence-corrected chi connectivity index (χ1v) is 7.68. The third-order valence-corrected chi connectivity index (χ3v) is 3.94. The fraction of sp³-hybridized carbons (Fsp3) is 0.200. The molecule has 2 heterocycles. The van der Waals surface area contributed by atoms with Crippen molar-refractivity contribution in [1.29, 1.82) is 0 Å². The number of hydrogen-bond acceptors (Lipinski definition) is 7. The fourth-order valence-corrected chi connectivity index (χ4v) is 2.58. The van der Waals surface area contributed by atoms with E-state index in [0.29, 0.717) is 21.8 Å². The topological polar surface area (TPSA) is 94.3 Å². The van der Waals surface area contributed by atoms with Crippen LogP contribution >= 0.6 is 11.3 Å². The average Bonchev–Trinajstić information content (AvgIpc) is 3.14. The molecule has 1 N–H and O–H groups in total. The first kappa shape index (κ1) is 15.2. The van der Waals surface area contributed by atoms with Gasteiger partial charge < -0.3 is 9.15 Å². The Bertz CT molecular complexity index is 870. The molecule has 0 bridgehead atoms. The van der Waals surface area contributed by atoms with E-state index < -0.39 is 18.0 Å². The fourth-order valence-electron chi connectivity index (χ4n) is 1.89. The summed E-state index contributed by atoms with van der Waals surface area (Å²) in [6, 6.07) is 4.74. The quantitative estimate of drug-likeness (QED) is 0.739. The van der Waals surface area contributed by atoms with Crippen molar-refractivity contribution in [3.8, 4) is 0 Å². The molecule has 1 aromatic carbocycles. The molecule has 0 saturated heterocycles. The van der Waals surface area contributed by atoms with Gasteiger partial charge in [0.1, 0.15) is 5.52 Å². The maximum atomic E-state index is 12.1. The number of hydrogen-bond donors (Lipinski definition) is 1. The number of aryl methyl sites for hydroxylation is 1. The lowest BCUT2D eigenvalue weighted by molar-refractivity contribution is -0.123. The number of aromatic nitrogens is 2. The monoisotopic (exact) mass is 331 g/mol. The highest BCUT2D eigenvalue weighted by Crippen LogP contribution is 2.17. The van der Waals surface area contributed by atoms with Crippen LogP contribution in [0.1, 0.15) is 23.0 Å². The standard InChI is InChI=1S/C15H13N3O4S/c1-8-6-23-15(17-8)18-13(19)9(2)22-14(20)10-3-4-12-11(5-10)16-7-21-12/h3-7,9H,1-2H3,(H,17,18,19). The van der Waals surface area contributed by atoms with Gasteiger partial charge in [-0.3, -0.25) is 10.1 Å². The maximum absolute atomic E-state index is 12.1. The third-order valence-electron chi connectivity index (χ3n) is 3.07. The average molecular weight is 331 g/mol. The van der Waals surface area contributed by atoms with E-state index in [9.17, 15) is 9.59 Å². The molecule has 3 aromatic rings. The van der Waals surface area contributed by atoms with Gasteiger partial charge >= 0.3 is 5.97 Å². The summed E-state index contributed by atoms with van der Waals surface area (Å²) in [5, 5.41) is 4.90. The highest BCUT2D eigenvalue weighted by atomic mass is 32.1. The van der Waals surface area contributed by atoms with Crippen LogP contribution in [0.15, 0.2) is 34.4 Å². The molecule has 0 spiro atoms. The number of carbonyl (C=O) groups is 2. The number of rotatable bonds is 4. The zero-order chi connectivity index (χ0) is 16.4. The predicted molar refractivity (Wildman–Crippen MR) is 84.4 cm³/mol. The molecule has 1 unspecified atom stereocenters. The smallest absolute Gasteiger partial charge is 0.338 e. The Morgan fingerprint density at radius 3 is 2.96 bits per heavy atom. The van der Waals surface area contributed by atoms with E-state index in [0.717, 1.165) is 5.69 Å². The van der Waals surface area contributed by atoms with Crippen molar-refractivity contribution in [1.82, 2.24) is 9.97 Å². The first-order chi connectivity index (χ1) is 11.0. The van der Waals surface area contributed by atoms with Gasteiger partial charge in [0.25, 0.3) is 5.91 Å². The lowest BCUT2D eigenvalue weighted by Gasteiger charge is -2.12. The molecule has 7 nitrogen and oxygen atoms in total. The number of benzene rings is 1. The second kappa shape index (κ2) is 6.17. The van der Waals surface area contributed by atoms with Gasteiger partial charge in [0.05, 0.1) is 11.3 Å². The Kier molecular flexibility index (Phi) is 4.07. The lowest BCUT2D eigenvalue weighted by Crippen LogP contribution is -2.30. The molecule has 8 heteroatoms. The highest BCUT2D eigenvalue weighted by molar-refractivity contribution is 7.13. The van der Waals surface area contributed by atoms with Crippen LogP contribution in [-0.4, -0.2) is 27.9 Å². The van der Waals surface area contributed by atoms with Crippen molar-refractivity contribution in [2.24, 2.45) is 0 Å². The molecular weight excluding hydrogens is 318 g/mol. The van der Waals surface area contributed by atoms with Crippen molar-refractivity contribution in [3.63, 3.8) is 0 Å². The van der Waals surface area contributed by atoms with Gasteiger partial charge in [0.15, 0.2) is 23.2 Å². The van der Waals surface area contributed by atoms with Crippen LogP contribution in [0.4, 0.5) is 5.13 Å². The van der Waals surface area contributed by atoms with Crippen LogP contribution in [0.3, 0.4) is 0 Å². The van der Waals surface area contributed by atoms with Gasteiger partial charge in [-0.05, 0) is 32.0 Å². The van der Waals surface area contributed by atoms with E-state index in [-0.39, 0.29) is 0 Å². The van der Waals surface area contributed by atoms with Crippen molar-refractivity contribution in [3.05, 3.63) is 41.2 Å². The number of nitrogens with zero attached hydrogens (tertiary/aromatic N) is 2. The number of anilines is 1. The molecule has 0 saturated carbocycles. The molecule has 0 fully saturated rings. The summed E-state index contributed by atoms with van der Waals surface area (Å²) in [6.07, 6.45) is 0.353. The van der Waals surface area contributed by atoms with Gasteiger partial charge in [-0.2, -0.15) is 0 Å². The maximum Gasteiger partial charge on any atom is 0.338 e. The Hall–Kier alpha value is -2.74. The minimum atomic E-state index is -0.945. The molecule has 118 valence electrons. The van der Waals surface area contributed by atoms with E-state index in [1.165, 1.54) is 24.7 Å². The van der Waals surface area contributed by atoms with Crippen LogP contribution in [0.2, 0.25) is 0 Å². The molecule has 3 rings (SSSR count). The molecule has 0 aliphatic rings. The second-order valence-corrected chi connectivity index (χ2v) is 5.72. The Labute approximate surface area is 135 Å². The lowest BCUT2D eigenvalue weighted by atomic mass is 10.2. The largest absolute Gasteiger partial charge is 0.449 e. The van der Waals surface area contributed by atoms with E-state index in [2.05, 4.69) is 15.3 Å². The van der Waals surface area contributed by atoms with Crippen molar-refractivity contribution in [2.75, 3.05) is 5.32 Å². The number of nitrogens with one attached hydrogen (secondary N) is 1. The van der Waals surface area contributed by atoms with Gasteiger partial charge in [0.2, 0.25) is 0 Å². The Morgan fingerprint density at radius 1 is 1.39 bits per heavy atom.